The molecule has 44 heavy (non-hydrogen) atoms. The third-order valence-corrected chi connectivity index (χ3v) is 8.87. The molecule has 0 fully saturated rings. The van der Waals surface area contributed by atoms with Crippen LogP contribution >= 0.6 is 11.8 Å². The van der Waals surface area contributed by atoms with Crippen molar-refractivity contribution in [2.24, 2.45) is 0 Å². The highest BCUT2D eigenvalue weighted by Gasteiger charge is 2.26. The largest absolute Gasteiger partial charge is 0.497 e. The lowest BCUT2D eigenvalue weighted by Gasteiger charge is -2.26. The van der Waals surface area contributed by atoms with Gasteiger partial charge in [0.1, 0.15) is 28.7 Å². The average Bonchev–Trinajstić information content (AvgIpc) is 3.07. The molecule has 0 unspecified atom stereocenters. The summed E-state index contributed by atoms with van der Waals surface area (Å²) in [7, 11) is 11.7. The summed E-state index contributed by atoms with van der Waals surface area (Å²) >= 11 is 1.84. The van der Waals surface area contributed by atoms with Crippen LogP contribution in [-0.4, -0.2) is 49.8 Å². The maximum Gasteiger partial charge on any atom is 0.161 e. The van der Waals surface area contributed by atoms with E-state index < -0.39 is 0 Å². The summed E-state index contributed by atoms with van der Waals surface area (Å²) < 4.78 is 39.8. The lowest BCUT2D eigenvalue weighted by Crippen LogP contribution is -2.12. The van der Waals surface area contributed by atoms with Crippen LogP contribution in [0, 0.1) is 6.92 Å². The topological polar surface area (TPSA) is 64.6 Å². The van der Waals surface area contributed by atoms with Crippen LogP contribution in [0.15, 0.2) is 66.7 Å². The van der Waals surface area contributed by atoms with Crippen molar-refractivity contribution in [3.05, 3.63) is 100 Å². The quantitative estimate of drug-likeness (QED) is 0.133. The van der Waals surface area contributed by atoms with Gasteiger partial charge < -0.3 is 33.2 Å². The van der Waals surface area contributed by atoms with E-state index in [1.54, 1.807) is 49.8 Å². The molecule has 4 aromatic rings. The Bertz CT molecular complexity index is 1530. The van der Waals surface area contributed by atoms with Crippen molar-refractivity contribution in [2.45, 2.75) is 30.8 Å². The first kappa shape index (κ1) is 32.7. The molecular weight excluding hydrogens is 576 g/mol. The van der Waals surface area contributed by atoms with Crippen molar-refractivity contribution in [3.8, 4) is 40.2 Å². The molecule has 0 heterocycles. The minimum Gasteiger partial charge on any atom is -0.497 e. The first-order valence-electron chi connectivity index (χ1n) is 14.3. The SMILES string of the molecule is COc1ccc(CSCc2cc(OC)cc(OC)c2[C@H](Cc2cc(OC)cc(OC)c2C)c2ccc(OC)c(OC)c2)cc1. The smallest absolute Gasteiger partial charge is 0.161 e. The molecule has 0 aliphatic heterocycles. The van der Waals surface area contributed by atoms with Crippen LogP contribution in [0.5, 0.6) is 40.2 Å². The number of thioether (sulfide) groups is 1. The molecule has 0 radical (unpaired) electrons. The number of hydrogen-bond acceptors (Lipinski definition) is 8. The van der Waals surface area contributed by atoms with E-state index >= 15 is 0 Å². The Labute approximate surface area is 265 Å². The van der Waals surface area contributed by atoms with Crippen LogP contribution in [0.3, 0.4) is 0 Å². The van der Waals surface area contributed by atoms with Crippen molar-refractivity contribution in [1.82, 2.24) is 0 Å². The zero-order valence-electron chi connectivity index (χ0n) is 26.8. The normalized spacial score (nSPS) is 11.5. The Morgan fingerprint density at radius 2 is 1.11 bits per heavy atom. The summed E-state index contributed by atoms with van der Waals surface area (Å²) in [5.74, 6) is 6.70. The summed E-state index contributed by atoms with van der Waals surface area (Å²) in [5, 5.41) is 0. The van der Waals surface area contributed by atoms with Crippen molar-refractivity contribution in [3.63, 3.8) is 0 Å². The summed E-state index contributed by atoms with van der Waals surface area (Å²) in [6.45, 7) is 2.08. The predicted molar refractivity (Wildman–Crippen MR) is 177 cm³/mol. The molecule has 0 aliphatic rings. The highest BCUT2D eigenvalue weighted by molar-refractivity contribution is 7.97. The van der Waals surface area contributed by atoms with Gasteiger partial charge in [0.15, 0.2) is 11.5 Å². The van der Waals surface area contributed by atoms with Crippen LogP contribution in [0.2, 0.25) is 0 Å². The van der Waals surface area contributed by atoms with E-state index in [4.69, 9.17) is 33.2 Å². The van der Waals surface area contributed by atoms with Crippen LogP contribution in [-0.2, 0) is 17.9 Å². The molecule has 0 saturated carbocycles. The second-order valence-electron chi connectivity index (χ2n) is 10.2. The second-order valence-corrected chi connectivity index (χ2v) is 11.2. The molecular formula is C36H42O7S. The van der Waals surface area contributed by atoms with E-state index in [0.29, 0.717) is 17.9 Å². The van der Waals surface area contributed by atoms with Gasteiger partial charge in [0.25, 0.3) is 0 Å². The fourth-order valence-corrected chi connectivity index (χ4v) is 6.38. The molecule has 0 aliphatic carbocycles. The van der Waals surface area contributed by atoms with Gasteiger partial charge in [-0.1, -0.05) is 18.2 Å². The number of hydrogen-bond donors (Lipinski definition) is 0. The number of ether oxygens (including phenoxy) is 7. The fourth-order valence-electron chi connectivity index (χ4n) is 5.39. The lowest BCUT2D eigenvalue weighted by atomic mass is 9.82. The van der Waals surface area contributed by atoms with E-state index in [1.165, 1.54) is 5.56 Å². The van der Waals surface area contributed by atoms with Gasteiger partial charge >= 0.3 is 0 Å². The van der Waals surface area contributed by atoms with Gasteiger partial charge in [0, 0.05) is 35.1 Å². The highest BCUT2D eigenvalue weighted by atomic mass is 32.2. The number of rotatable bonds is 15. The first-order chi connectivity index (χ1) is 21.4. The molecule has 0 N–H and O–H groups in total. The average molecular weight is 619 g/mol. The monoisotopic (exact) mass is 618 g/mol. The van der Waals surface area contributed by atoms with Crippen LogP contribution in [0.4, 0.5) is 0 Å². The molecule has 0 aromatic heterocycles. The predicted octanol–water partition coefficient (Wildman–Crippen LogP) is 7.86. The molecule has 4 rings (SSSR count). The fraction of sp³-hybridized carbons (Fsp3) is 0.333. The minimum atomic E-state index is -0.109. The van der Waals surface area contributed by atoms with Crippen LogP contribution in [0.25, 0.3) is 0 Å². The molecule has 0 bridgehead atoms. The van der Waals surface area contributed by atoms with E-state index in [0.717, 1.165) is 68.1 Å². The van der Waals surface area contributed by atoms with Crippen molar-refractivity contribution in [1.29, 1.82) is 0 Å². The summed E-state index contributed by atoms with van der Waals surface area (Å²) in [5.41, 5.74) is 6.67. The highest BCUT2D eigenvalue weighted by Crippen LogP contribution is 2.44. The van der Waals surface area contributed by atoms with Gasteiger partial charge in [0.2, 0.25) is 0 Å². The third-order valence-electron chi connectivity index (χ3n) is 7.82. The maximum atomic E-state index is 6.07. The Morgan fingerprint density at radius 3 is 1.70 bits per heavy atom. The standard InChI is InChI=1S/C36H42O7S/c1-23-26(15-29(38-3)19-33(23)41-6)17-31(25-11-14-32(40-5)34(18-25)42-7)36-27(16-30(39-4)20-35(36)43-8)22-44-21-24-9-12-28(37-2)13-10-24/h9-16,18-20,31H,17,21-22H2,1-8H3/t31-/m1/s1. The maximum absolute atomic E-state index is 6.07. The molecule has 234 valence electrons. The Kier molecular flexibility index (Phi) is 11.6. The number of methoxy groups -OCH3 is 7. The van der Waals surface area contributed by atoms with E-state index in [-0.39, 0.29) is 5.92 Å². The van der Waals surface area contributed by atoms with Gasteiger partial charge in [-0.15, -0.1) is 0 Å². The van der Waals surface area contributed by atoms with Gasteiger partial charge in [-0.25, -0.2) is 0 Å². The number of benzene rings is 4. The molecule has 0 saturated heterocycles. The van der Waals surface area contributed by atoms with Crippen molar-refractivity contribution < 1.29 is 33.2 Å². The van der Waals surface area contributed by atoms with E-state index in [9.17, 15) is 0 Å². The summed E-state index contributed by atoms with van der Waals surface area (Å²) in [6, 6.07) is 22.4. The first-order valence-corrected chi connectivity index (χ1v) is 15.4. The Morgan fingerprint density at radius 1 is 0.523 bits per heavy atom. The summed E-state index contributed by atoms with van der Waals surface area (Å²) in [6.07, 6.45) is 0.660. The van der Waals surface area contributed by atoms with Crippen LogP contribution < -0.4 is 33.2 Å². The van der Waals surface area contributed by atoms with E-state index in [1.807, 2.05) is 48.2 Å². The molecule has 4 aromatic carbocycles. The summed E-state index contributed by atoms with van der Waals surface area (Å²) in [4.78, 5) is 0. The lowest BCUT2D eigenvalue weighted by molar-refractivity contribution is 0.354. The Balaban J connectivity index is 1.85. The molecule has 0 spiro atoms. The minimum absolute atomic E-state index is 0.109. The zero-order chi connectivity index (χ0) is 31.6. The van der Waals surface area contributed by atoms with Crippen molar-refractivity contribution in [2.75, 3.05) is 49.8 Å². The van der Waals surface area contributed by atoms with Gasteiger partial charge in [-0.2, -0.15) is 11.8 Å². The second kappa shape index (κ2) is 15.5. The van der Waals surface area contributed by atoms with Crippen molar-refractivity contribution >= 4 is 11.8 Å². The molecule has 8 heteroatoms. The van der Waals surface area contributed by atoms with Crippen LogP contribution in [0.1, 0.15) is 39.3 Å². The van der Waals surface area contributed by atoms with Gasteiger partial charge in [0.05, 0.1) is 49.8 Å². The van der Waals surface area contributed by atoms with Gasteiger partial charge in [-0.3, -0.25) is 0 Å². The van der Waals surface area contributed by atoms with E-state index in [2.05, 4.69) is 37.3 Å². The Hall–Kier alpha value is -4.17. The molecule has 7 nitrogen and oxygen atoms in total. The van der Waals surface area contributed by atoms with Gasteiger partial charge in [-0.05, 0) is 77.6 Å². The molecule has 1 atom stereocenters. The zero-order valence-corrected chi connectivity index (χ0v) is 27.6. The molecule has 0 amide bonds. The third kappa shape index (κ3) is 7.48.